The van der Waals surface area contributed by atoms with E-state index in [1.54, 1.807) is 18.3 Å². The number of carboxylic acids is 1. The average Bonchev–Trinajstić information content (AvgIpc) is 3.52. The highest BCUT2D eigenvalue weighted by Crippen LogP contribution is 2.51. The van der Waals surface area contributed by atoms with Crippen molar-refractivity contribution in [2.24, 2.45) is 0 Å². The molecule has 3 heterocycles. The fourth-order valence-corrected chi connectivity index (χ4v) is 7.72. The molecule has 1 saturated carbocycles. The number of carboxylic acid groups (broad SMARTS) is 1. The van der Waals surface area contributed by atoms with Gasteiger partial charge in [0.2, 0.25) is 5.91 Å². The molecule has 1 amide bonds. The largest absolute Gasteiger partial charge is 0.480 e. The maximum Gasteiger partial charge on any atom is 0.326 e. The number of rotatable bonds is 6. The lowest BCUT2D eigenvalue weighted by Crippen LogP contribution is -2.46. The average molecular weight is 670 g/mol. The number of sulfone groups is 1. The maximum absolute atomic E-state index is 14.7. The van der Waals surface area contributed by atoms with Gasteiger partial charge in [0.15, 0.2) is 9.84 Å². The summed E-state index contributed by atoms with van der Waals surface area (Å²) in [4.78, 5) is 35.0. The zero-order chi connectivity index (χ0) is 27.4. The van der Waals surface area contributed by atoms with Gasteiger partial charge in [-0.2, -0.15) is 0 Å². The second kappa shape index (κ2) is 9.83. The summed E-state index contributed by atoms with van der Waals surface area (Å²) in [6.07, 6.45) is 3.40. The summed E-state index contributed by atoms with van der Waals surface area (Å²) in [5.41, 5.74) is 0.910. The predicted molar refractivity (Wildman–Crippen MR) is 146 cm³/mol. The van der Waals surface area contributed by atoms with Gasteiger partial charge in [0.1, 0.15) is 11.9 Å². The molecule has 0 unspecified atom stereocenters. The molecule has 0 radical (unpaired) electrons. The van der Waals surface area contributed by atoms with Crippen LogP contribution in [0.1, 0.15) is 30.7 Å². The van der Waals surface area contributed by atoms with E-state index < -0.39 is 44.2 Å². The molecular weight excluding hydrogens is 648 g/mol. The summed E-state index contributed by atoms with van der Waals surface area (Å²) in [6, 6.07) is 8.06. The SMILES string of the molecule is Cc1ncccc1-c1ccc(S(=O)(=O)[C@@H]2C[C@@H](C(=O)O)N(C(=O)C3(c4ncc(I)cc4F)CC3)C2)c(Cl)c1. The van der Waals surface area contributed by atoms with E-state index in [4.69, 9.17) is 11.6 Å². The zero-order valence-corrected chi connectivity index (χ0v) is 23.8. The van der Waals surface area contributed by atoms with Crippen LogP contribution in [0.4, 0.5) is 4.39 Å². The van der Waals surface area contributed by atoms with Crippen LogP contribution >= 0.6 is 34.2 Å². The molecule has 1 N–H and O–H groups in total. The molecule has 0 bridgehead atoms. The van der Waals surface area contributed by atoms with Crippen molar-refractivity contribution in [3.05, 3.63) is 74.6 Å². The van der Waals surface area contributed by atoms with Gasteiger partial charge in [-0.15, -0.1) is 0 Å². The highest BCUT2D eigenvalue weighted by atomic mass is 127. The van der Waals surface area contributed by atoms with Gasteiger partial charge < -0.3 is 10.0 Å². The van der Waals surface area contributed by atoms with Crippen LogP contribution in [0.3, 0.4) is 0 Å². The number of carbonyl (C=O) groups is 2. The maximum atomic E-state index is 14.7. The first-order chi connectivity index (χ1) is 18.0. The summed E-state index contributed by atoms with van der Waals surface area (Å²) in [6.45, 7) is 1.49. The van der Waals surface area contributed by atoms with E-state index in [1.165, 1.54) is 24.4 Å². The third-order valence-electron chi connectivity index (χ3n) is 7.22. The quantitative estimate of drug-likeness (QED) is 0.387. The summed E-state index contributed by atoms with van der Waals surface area (Å²) in [7, 11) is -4.11. The van der Waals surface area contributed by atoms with Crippen LogP contribution in [0.2, 0.25) is 5.02 Å². The van der Waals surface area contributed by atoms with Gasteiger partial charge in [-0.05, 0) is 78.6 Å². The molecule has 0 spiro atoms. The number of aromatic nitrogens is 2. The van der Waals surface area contributed by atoms with Crippen molar-refractivity contribution in [3.63, 3.8) is 0 Å². The van der Waals surface area contributed by atoms with Gasteiger partial charge in [-0.1, -0.05) is 23.7 Å². The Bertz CT molecular complexity index is 1580. The first kappa shape index (κ1) is 26.9. The topological polar surface area (TPSA) is 118 Å². The fraction of sp³-hybridized carbons (Fsp3) is 0.308. The Kier molecular flexibility index (Phi) is 6.97. The molecule has 1 aliphatic heterocycles. The molecule has 1 aliphatic carbocycles. The smallest absolute Gasteiger partial charge is 0.326 e. The van der Waals surface area contributed by atoms with Crippen molar-refractivity contribution in [2.75, 3.05) is 6.54 Å². The molecule has 12 heteroatoms. The highest BCUT2D eigenvalue weighted by molar-refractivity contribution is 14.1. The summed E-state index contributed by atoms with van der Waals surface area (Å²) in [5, 5.41) is 8.66. The summed E-state index contributed by atoms with van der Waals surface area (Å²) >= 11 is 8.35. The van der Waals surface area contributed by atoms with Crippen molar-refractivity contribution >= 4 is 55.9 Å². The first-order valence-corrected chi connectivity index (χ1v) is 14.8. The highest BCUT2D eigenvalue weighted by Gasteiger charge is 2.59. The zero-order valence-electron chi connectivity index (χ0n) is 20.1. The molecule has 1 saturated heterocycles. The second-order valence-electron chi connectivity index (χ2n) is 9.56. The predicted octanol–water partition coefficient (Wildman–Crippen LogP) is 4.41. The number of aryl methyl sites for hydroxylation is 1. The lowest BCUT2D eigenvalue weighted by atomic mass is 9.98. The van der Waals surface area contributed by atoms with E-state index in [9.17, 15) is 27.5 Å². The number of pyridine rings is 2. The third kappa shape index (κ3) is 4.58. The first-order valence-electron chi connectivity index (χ1n) is 11.8. The molecule has 2 aliphatic rings. The van der Waals surface area contributed by atoms with Crippen LogP contribution in [-0.4, -0.2) is 58.1 Å². The number of amides is 1. The summed E-state index contributed by atoms with van der Waals surface area (Å²) < 4.78 is 42.6. The van der Waals surface area contributed by atoms with E-state index in [0.717, 1.165) is 16.2 Å². The van der Waals surface area contributed by atoms with Gasteiger partial charge in [0.25, 0.3) is 0 Å². The lowest BCUT2D eigenvalue weighted by Gasteiger charge is -2.26. The van der Waals surface area contributed by atoms with Gasteiger partial charge in [-0.3, -0.25) is 14.8 Å². The standard InChI is InChI=1S/C26H22ClFIN3O5S/c1-14-18(3-2-8-30-14)15-4-5-22(19(27)9-15)38(36,37)17-11-21(24(33)34)32(13-17)25(35)26(6-7-26)23-20(28)10-16(29)12-31-23/h2-5,8-10,12,17,21H,6-7,11,13H2,1H3,(H,33,34)/t17-,21+/m1/s1. The number of carbonyl (C=O) groups excluding carboxylic acids is 1. The Morgan fingerprint density at radius 1 is 1.21 bits per heavy atom. The van der Waals surface area contributed by atoms with Gasteiger partial charge in [0, 0.05) is 33.8 Å². The normalized spacial score (nSPS) is 20.4. The third-order valence-corrected chi connectivity index (χ3v) is 10.4. The van der Waals surface area contributed by atoms with Crippen LogP contribution < -0.4 is 0 Å². The van der Waals surface area contributed by atoms with Crippen LogP contribution in [0.15, 0.2) is 53.7 Å². The van der Waals surface area contributed by atoms with E-state index in [-0.39, 0.29) is 28.6 Å². The summed E-state index contributed by atoms with van der Waals surface area (Å²) in [5.74, 6) is -2.59. The minimum absolute atomic E-state index is 0.00812. The number of nitrogens with zero attached hydrogens (tertiary/aromatic N) is 3. The Morgan fingerprint density at radius 3 is 2.55 bits per heavy atom. The van der Waals surface area contributed by atoms with Crippen molar-refractivity contribution in [1.82, 2.24) is 14.9 Å². The molecule has 2 atom stereocenters. The molecule has 5 rings (SSSR count). The van der Waals surface area contributed by atoms with Crippen molar-refractivity contribution in [1.29, 1.82) is 0 Å². The minimum Gasteiger partial charge on any atom is -0.480 e. The Labute approximate surface area is 237 Å². The molecule has 3 aromatic rings. The van der Waals surface area contributed by atoms with Crippen LogP contribution in [0.25, 0.3) is 11.1 Å². The molecule has 2 aromatic heterocycles. The van der Waals surface area contributed by atoms with Gasteiger partial charge >= 0.3 is 5.97 Å². The monoisotopic (exact) mass is 669 g/mol. The van der Waals surface area contributed by atoms with E-state index in [0.29, 0.717) is 22.0 Å². The minimum atomic E-state index is -4.11. The number of halogens is 3. The van der Waals surface area contributed by atoms with Gasteiger partial charge in [-0.25, -0.2) is 17.6 Å². The Hall–Kier alpha value is -2.64. The van der Waals surface area contributed by atoms with Crippen molar-refractivity contribution < 1.29 is 27.5 Å². The molecule has 2 fully saturated rings. The molecule has 1 aromatic carbocycles. The number of likely N-dealkylation sites (tertiary alicyclic amines) is 1. The number of hydrogen-bond donors (Lipinski definition) is 1. The molecule has 198 valence electrons. The van der Waals surface area contributed by atoms with Crippen molar-refractivity contribution in [3.8, 4) is 11.1 Å². The van der Waals surface area contributed by atoms with E-state index >= 15 is 0 Å². The number of benzene rings is 1. The molecular formula is C26H22ClFIN3O5S. The Morgan fingerprint density at radius 2 is 1.95 bits per heavy atom. The van der Waals surface area contributed by atoms with Crippen LogP contribution in [-0.2, 0) is 24.8 Å². The van der Waals surface area contributed by atoms with Crippen LogP contribution in [0, 0.1) is 16.3 Å². The molecule has 8 nitrogen and oxygen atoms in total. The number of aliphatic carboxylic acids is 1. The number of hydrogen-bond acceptors (Lipinski definition) is 6. The second-order valence-corrected chi connectivity index (χ2v) is 13.4. The van der Waals surface area contributed by atoms with E-state index in [2.05, 4.69) is 9.97 Å². The van der Waals surface area contributed by atoms with E-state index in [1.807, 2.05) is 35.6 Å². The van der Waals surface area contributed by atoms with Crippen molar-refractivity contribution in [2.45, 2.75) is 47.8 Å². The Balaban J connectivity index is 1.45. The lowest BCUT2D eigenvalue weighted by molar-refractivity contribution is -0.149. The van der Waals surface area contributed by atoms with Crippen LogP contribution in [0.5, 0.6) is 0 Å². The van der Waals surface area contributed by atoms with Gasteiger partial charge in [0.05, 0.1) is 26.3 Å². The molecule has 38 heavy (non-hydrogen) atoms. The fourth-order valence-electron chi connectivity index (χ4n) is 5.07.